The molecule has 1 aliphatic carbocycles. The van der Waals surface area contributed by atoms with E-state index in [1.807, 2.05) is 31.3 Å². The number of nitrogens with zero attached hydrogens (tertiary/aromatic N) is 5. The van der Waals surface area contributed by atoms with Crippen LogP contribution in [0.25, 0.3) is 10.9 Å². The number of para-hydroxylation sites is 1. The molecule has 28 heavy (non-hydrogen) atoms. The third kappa shape index (κ3) is 2.79. The van der Waals surface area contributed by atoms with Crippen molar-refractivity contribution in [1.29, 1.82) is 0 Å². The molecule has 1 unspecified atom stereocenters. The normalized spacial score (nSPS) is 19.6. The zero-order chi connectivity index (χ0) is 19.1. The van der Waals surface area contributed by atoms with Crippen LogP contribution in [-0.2, 0) is 19.9 Å². The maximum atomic E-state index is 12.9. The molecule has 1 aliphatic heterocycles. The molecule has 3 aromatic rings. The number of benzene rings is 1. The number of fused-ring (bicyclic) bond motifs is 2. The van der Waals surface area contributed by atoms with E-state index in [0.29, 0.717) is 5.39 Å². The minimum Gasteiger partial charge on any atom is -0.346 e. The van der Waals surface area contributed by atoms with Gasteiger partial charge in [-0.1, -0.05) is 18.6 Å². The summed E-state index contributed by atoms with van der Waals surface area (Å²) >= 11 is 0. The zero-order valence-corrected chi connectivity index (χ0v) is 16.3. The Hall–Kier alpha value is -2.76. The number of aromatic nitrogens is 4. The Balaban J connectivity index is 1.62. The van der Waals surface area contributed by atoms with Crippen molar-refractivity contribution in [2.45, 2.75) is 51.0 Å². The molecule has 2 aliphatic rings. The van der Waals surface area contributed by atoms with Gasteiger partial charge in [0.05, 0.1) is 16.9 Å². The van der Waals surface area contributed by atoms with E-state index in [-0.39, 0.29) is 11.6 Å². The van der Waals surface area contributed by atoms with E-state index >= 15 is 0 Å². The topological polar surface area (TPSA) is 63.9 Å². The van der Waals surface area contributed by atoms with Crippen molar-refractivity contribution in [2.24, 2.45) is 7.05 Å². The van der Waals surface area contributed by atoms with E-state index in [2.05, 4.69) is 9.88 Å². The van der Waals surface area contributed by atoms with Crippen LogP contribution in [0.15, 0.2) is 35.4 Å². The summed E-state index contributed by atoms with van der Waals surface area (Å²) in [4.78, 5) is 29.4. The van der Waals surface area contributed by atoms with Crippen molar-refractivity contribution >= 4 is 16.7 Å². The van der Waals surface area contributed by atoms with E-state index < -0.39 is 0 Å². The SMILES string of the molecule is Cn1c(C2CCCN2c2ncnc3c2CCCCC3)nc2ccccc2c1=O. The molecular formula is C22H25N5O. The van der Waals surface area contributed by atoms with Crippen molar-refractivity contribution < 1.29 is 0 Å². The van der Waals surface area contributed by atoms with Crippen LogP contribution in [0, 0.1) is 0 Å². The largest absolute Gasteiger partial charge is 0.346 e. The first-order chi connectivity index (χ1) is 13.7. The lowest BCUT2D eigenvalue weighted by atomic mass is 10.1. The Morgan fingerprint density at radius 2 is 1.89 bits per heavy atom. The van der Waals surface area contributed by atoms with Gasteiger partial charge in [-0.2, -0.15) is 0 Å². The minimum atomic E-state index is 0.0222. The molecule has 6 nitrogen and oxygen atoms in total. The summed E-state index contributed by atoms with van der Waals surface area (Å²) in [5.41, 5.74) is 3.30. The number of hydrogen-bond donors (Lipinski definition) is 0. The highest BCUT2D eigenvalue weighted by molar-refractivity contribution is 5.77. The van der Waals surface area contributed by atoms with Gasteiger partial charge in [-0.05, 0) is 50.7 Å². The van der Waals surface area contributed by atoms with Gasteiger partial charge in [-0.15, -0.1) is 0 Å². The lowest BCUT2D eigenvalue weighted by molar-refractivity contribution is 0.604. The summed E-state index contributed by atoms with van der Waals surface area (Å²) in [5, 5.41) is 0.675. The van der Waals surface area contributed by atoms with E-state index in [4.69, 9.17) is 9.97 Å². The number of aryl methyl sites for hydroxylation is 1. The quantitative estimate of drug-likeness (QED) is 0.643. The molecule has 1 aromatic carbocycles. The summed E-state index contributed by atoms with van der Waals surface area (Å²) < 4.78 is 1.73. The molecule has 5 rings (SSSR count). The fourth-order valence-corrected chi connectivity index (χ4v) is 4.75. The summed E-state index contributed by atoms with van der Waals surface area (Å²) in [5.74, 6) is 1.89. The average molecular weight is 375 g/mol. The predicted octanol–water partition coefficient (Wildman–Crippen LogP) is 3.33. The molecule has 2 aromatic heterocycles. The van der Waals surface area contributed by atoms with Crippen LogP contribution in [0.5, 0.6) is 0 Å². The summed E-state index contributed by atoms with van der Waals surface area (Å²) in [6.07, 6.45) is 9.49. The van der Waals surface area contributed by atoms with Crippen LogP contribution < -0.4 is 10.5 Å². The highest BCUT2D eigenvalue weighted by atomic mass is 16.1. The molecule has 1 fully saturated rings. The van der Waals surface area contributed by atoms with Gasteiger partial charge in [0.2, 0.25) is 0 Å². The lowest BCUT2D eigenvalue weighted by Gasteiger charge is -2.28. The van der Waals surface area contributed by atoms with Crippen molar-refractivity contribution in [1.82, 2.24) is 19.5 Å². The monoisotopic (exact) mass is 375 g/mol. The molecule has 1 saturated heterocycles. The van der Waals surface area contributed by atoms with Crippen molar-refractivity contribution in [2.75, 3.05) is 11.4 Å². The first kappa shape index (κ1) is 17.3. The Bertz CT molecular complexity index is 1090. The summed E-state index contributed by atoms with van der Waals surface area (Å²) in [6, 6.07) is 7.68. The van der Waals surface area contributed by atoms with Crippen LogP contribution in [-0.4, -0.2) is 26.1 Å². The van der Waals surface area contributed by atoms with Crippen LogP contribution in [0.2, 0.25) is 0 Å². The third-order valence-corrected chi connectivity index (χ3v) is 6.19. The van der Waals surface area contributed by atoms with Crippen LogP contribution in [0.3, 0.4) is 0 Å². The van der Waals surface area contributed by atoms with Crippen molar-refractivity contribution in [3.05, 3.63) is 58.0 Å². The lowest BCUT2D eigenvalue weighted by Crippen LogP contribution is -2.32. The van der Waals surface area contributed by atoms with Gasteiger partial charge in [0.15, 0.2) is 0 Å². The van der Waals surface area contributed by atoms with Gasteiger partial charge in [0.25, 0.3) is 5.56 Å². The molecule has 144 valence electrons. The predicted molar refractivity (Wildman–Crippen MR) is 110 cm³/mol. The summed E-state index contributed by atoms with van der Waals surface area (Å²) in [6.45, 7) is 0.941. The first-order valence-electron chi connectivity index (χ1n) is 10.3. The van der Waals surface area contributed by atoms with E-state index in [9.17, 15) is 4.79 Å². The maximum Gasteiger partial charge on any atom is 0.261 e. The maximum absolute atomic E-state index is 12.9. The fourth-order valence-electron chi connectivity index (χ4n) is 4.75. The highest BCUT2D eigenvalue weighted by Gasteiger charge is 2.32. The van der Waals surface area contributed by atoms with Gasteiger partial charge in [-0.25, -0.2) is 15.0 Å². The second-order valence-electron chi connectivity index (χ2n) is 7.89. The van der Waals surface area contributed by atoms with Gasteiger partial charge in [0, 0.05) is 24.8 Å². The Labute approximate surface area is 164 Å². The first-order valence-corrected chi connectivity index (χ1v) is 10.3. The molecule has 0 spiro atoms. The van der Waals surface area contributed by atoms with Gasteiger partial charge in [0.1, 0.15) is 18.0 Å². The molecule has 0 N–H and O–H groups in total. The average Bonchev–Trinajstić information content (AvgIpc) is 3.07. The molecule has 3 heterocycles. The number of rotatable bonds is 2. The second kappa shape index (κ2) is 7.00. The van der Waals surface area contributed by atoms with Crippen LogP contribution in [0.1, 0.15) is 55.2 Å². The molecule has 6 heteroatoms. The van der Waals surface area contributed by atoms with Gasteiger partial charge < -0.3 is 4.90 Å². The molecule has 1 atom stereocenters. The van der Waals surface area contributed by atoms with E-state index in [1.165, 1.54) is 30.5 Å². The van der Waals surface area contributed by atoms with Gasteiger partial charge >= 0.3 is 0 Å². The zero-order valence-electron chi connectivity index (χ0n) is 16.3. The molecule has 0 saturated carbocycles. The van der Waals surface area contributed by atoms with Gasteiger partial charge in [-0.3, -0.25) is 9.36 Å². The van der Waals surface area contributed by atoms with Crippen LogP contribution >= 0.6 is 0 Å². The molecule has 0 radical (unpaired) electrons. The third-order valence-electron chi connectivity index (χ3n) is 6.19. The van der Waals surface area contributed by atoms with E-state index in [1.54, 1.807) is 10.9 Å². The molecule has 0 bridgehead atoms. The highest BCUT2D eigenvalue weighted by Crippen LogP contribution is 2.37. The van der Waals surface area contributed by atoms with Crippen molar-refractivity contribution in [3.63, 3.8) is 0 Å². The summed E-state index contributed by atoms with van der Waals surface area (Å²) in [7, 11) is 1.84. The van der Waals surface area contributed by atoms with Crippen LogP contribution in [0.4, 0.5) is 5.82 Å². The minimum absolute atomic E-state index is 0.0222. The fraction of sp³-hybridized carbons (Fsp3) is 0.455. The van der Waals surface area contributed by atoms with E-state index in [0.717, 1.165) is 49.4 Å². The van der Waals surface area contributed by atoms with Crippen molar-refractivity contribution in [3.8, 4) is 0 Å². The number of hydrogen-bond acceptors (Lipinski definition) is 5. The molecule has 0 amide bonds. The Morgan fingerprint density at radius 3 is 2.82 bits per heavy atom. The molecular weight excluding hydrogens is 350 g/mol. The Kier molecular flexibility index (Phi) is 4.34. The number of anilines is 1. The smallest absolute Gasteiger partial charge is 0.261 e. The Morgan fingerprint density at radius 1 is 1.04 bits per heavy atom. The second-order valence-corrected chi connectivity index (χ2v) is 7.89. The standard InChI is InChI=1S/C22H25N5O/c1-26-21(25-18-11-6-5-9-16(18)22(26)28)19-12-7-13-27(19)20-15-8-3-2-4-10-17(15)23-14-24-20/h5-6,9,11,14,19H,2-4,7-8,10,12-13H2,1H3.